The topological polar surface area (TPSA) is 101 Å². The van der Waals surface area contributed by atoms with Gasteiger partial charge in [0.25, 0.3) is 0 Å². The summed E-state index contributed by atoms with van der Waals surface area (Å²) in [6, 6.07) is 13.5. The number of hydrogen-bond acceptors (Lipinski definition) is 6. The molecule has 0 saturated carbocycles. The molecule has 1 fully saturated rings. The maximum atomic E-state index is 12.7. The average molecular weight is 443 g/mol. The Hall–Kier alpha value is -4.01. The van der Waals surface area contributed by atoms with E-state index in [2.05, 4.69) is 32.5 Å². The maximum absolute atomic E-state index is 12.7. The van der Waals surface area contributed by atoms with Crippen molar-refractivity contribution in [2.45, 2.75) is 25.8 Å². The van der Waals surface area contributed by atoms with Crippen LogP contribution in [0.4, 0.5) is 16.4 Å². The van der Waals surface area contributed by atoms with Gasteiger partial charge >= 0.3 is 6.03 Å². The lowest BCUT2D eigenvalue weighted by Crippen LogP contribution is -2.46. The van der Waals surface area contributed by atoms with E-state index in [-0.39, 0.29) is 12.1 Å². The van der Waals surface area contributed by atoms with Crippen molar-refractivity contribution in [3.63, 3.8) is 0 Å². The molecule has 4 aromatic rings. The highest BCUT2D eigenvalue weighted by atomic mass is 16.2. The average Bonchev–Trinajstić information content (AvgIpc) is 3.29. The molecule has 0 radical (unpaired) electrons. The number of imidazole rings is 1. The Labute approximate surface area is 191 Å². The molecule has 33 heavy (non-hydrogen) atoms. The number of carbonyl (C=O) groups is 1. The molecule has 9 heteroatoms. The van der Waals surface area contributed by atoms with E-state index in [1.807, 2.05) is 45.9 Å². The molecule has 0 bridgehead atoms. The van der Waals surface area contributed by atoms with Crippen LogP contribution in [-0.4, -0.2) is 54.6 Å². The van der Waals surface area contributed by atoms with Gasteiger partial charge in [0, 0.05) is 31.5 Å². The van der Waals surface area contributed by atoms with E-state index in [0.29, 0.717) is 24.1 Å². The van der Waals surface area contributed by atoms with Crippen molar-refractivity contribution in [2.75, 3.05) is 23.7 Å². The highest BCUT2D eigenvalue weighted by molar-refractivity contribution is 5.89. The molecule has 9 nitrogen and oxygen atoms in total. The Kier molecular flexibility index (Phi) is 5.84. The number of pyridine rings is 1. The molecule has 3 aromatic heterocycles. The van der Waals surface area contributed by atoms with Gasteiger partial charge in [-0.15, -0.1) is 0 Å². The van der Waals surface area contributed by atoms with E-state index in [1.54, 1.807) is 31.0 Å². The second-order valence-corrected chi connectivity index (χ2v) is 8.29. The minimum absolute atomic E-state index is 0.0925. The first-order valence-corrected chi connectivity index (χ1v) is 11.2. The van der Waals surface area contributed by atoms with E-state index in [4.69, 9.17) is 4.98 Å². The van der Waals surface area contributed by atoms with Crippen LogP contribution in [0.15, 0.2) is 67.4 Å². The third-order valence-corrected chi connectivity index (χ3v) is 6.06. The third-order valence-electron chi connectivity index (χ3n) is 6.06. The zero-order chi connectivity index (χ0) is 22.6. The number of fused-ring (bicyclic) bond motifs is 1. The van der Waals surface area contributed by atoms with E-state index >= 15 is 0 Å². The van der Waals surface area contributed by atoms with Crippen LogP contribution in [0.3, 0.4) is 0 Å². The van der Waals surface area contributed by atoms with Crippen molar-refractivity contribution in [3.05, 3.63) is 67.4 Å². The van der Waals surface area contributed by atoms with Crippen LogP contribution in [0.25, 0.3) is 16.9 Å². The summed E-state index contributed by atoms with van der Waals surface area (Å²) in [4.78, 5) is 32.2. The van der Waals surface area contributed by atoms with E-state index in [9.17, 15) is 4.79 Å². The molecule has 2 atom stereocenters. The number of nitrogens with zero attached hydrogens (tertiary/aromatic N) is 6. The molecule has 4 heterocycles. The smallest absolute Gasteiger partial charge is 0.321 e. The molecular formula is C24H26N8O. The van der Waals surface area contributed by atoms with E-state index in [0.717, 1.165) is 36.2 Å². The normalized spacial score (nSPS) is 17.0. The monoisotopic (exact) mass is 442 g/mol. The van der Waals surface area contributed by atoms with Crippen molar-refractivity contribution in [3.8, 4) is 5.82 Å². The standard InChI is InChI=1S/C24H26N8O/c1-17(18-6-5-13-31(15-18)24(33)29-19-7-4-11-25-14-19)28-23-26-12-10-22(30-23)32-16-27-20-8-2-3-9-21(20)32/h2-4,7-12,14,16-18H,5-6,13,15H2,1H3,(H,29,33)(H,26,28,30). The summed E-state index contributed by atoms with van der Waals surface area (Å²) in [5.41, 5.74) is 2.62. The number of rotatable bonds is 5. The molecule has 2 N–H and O–H groups in total. The number of nitrogens with one attached hydrogen (secondary N) is 2. The van der Waals surface area contributed by atoms with Crippen LogP contribution in [0, 0.1) is 5.92 Å². The summed E-state index contributed by atoms with van der Waals surface area (Å²) in [6.45, 7) is 3.54. The van der Waals surface area contributed by atoms with E-state index < -0.39 is 0 Å². The number of piperidine rings is 1. The molecule has 168 valence electrons. The Morgan fingerprint density at radius 3 is 2.91 bits per heavy atom. The molecule has 1 aliphatic heterocycles. The SMILES string of the molecule is CC(Nc1nccc(-n2cnc3ccccc32)n1)C1CCCN(C(=O)Nc2cccnc2)C1. The maximum Gasteiger partial charge on any atom is 0.321 e. The molecule has 2 unspecified atom stereocenters. The van der Waals surface area contributed by atoms with Crippen LogP contribution < -0.4 is 10.6 Å². The number of benzene rings is 1. The predicted molar refractivity (Wildman–Crippen MR) is 127 cm³/mol. The van der Waals surface area contributed by atoms with Crippen molar-refractivity contribution in [1.29, 1.82) is 0 Å². The number of urea groups is 1. The minimum Gasteiger partial charge on any atom is -0.351 e. The predicted octanol–water partition coefficient (Wildman–Crippen LogP) is 3.96. The second kappa shape index (κ2) is 9.23. The van der Waals surface area contributed by atoms with Gasteiger partial charge in [-0.2, -0.15) is 4.98 Å². The molecule has 0 spiro atoms. The van der Waals surface area contributed by atoms with E-state index in [1.165, 1.54) is 0 Å². The summed E-state index contributed by atoms with van der Waals surface area (Å²) >= 11 is 0. The van der Waals surface area contributed by atoms with Gasteiger partial charge in [-0.3, -0.25) is 9.55 Å². The van der Waals surface area contributed by atoms with Gasteiger partial charge in [0.05, 0.1) is 22.9 Å². The Morgan fingerprint density at radius 1 is 1.12 bits per heavy atom. The highest BCUT2D eigenvalue weighted by Gasteiger charge is 2.28. The van der Waals surface area contributed by atoms with Gasteiger partial charge in [-0.05, 0) is 56.0 Å². The molecule has 1 saturated heterocycles. The molecular weight excluding hydrogens is 416 g/mol. The number of amides is 2. The fraction of sp³-hybridized carbons (Fsp3) is 0.292. The van der Waals surface area contributed by atoms with Gasteiger partial charge in [0.1, 0.15) is 12.1 Å². The van der Waals surface area contributed by atoms with Crippen molar-refractivity contribution < 1.29 is 4.79 Å². The Balaban J connectivity index is 1.25. The first-order valence-electron chi connectivity index (χ1n) is 11.2. The second-order valence-electron chi connectivity index (χ2n) is 8.29. The van der Waals surface area contributed by atoms with Gasteiger partial charge in [-0.1, -0.05) is 12.1 Å². The zero-order valence-corrected chi connectivity index (χ0v) is 18.4. The Morgan fingerprint density at radius 2 is 2.03 bits per heavy atom. The largest absolute Gasteiger partial charge is 0.351 e. The van der Waals surface area contributed by atoms with Gasteiger partial charge < -0.3 is 15.5 Å². The van der Waals surface area contributed by atoms with Crippen LogP contribution in [0.1, 0.15) is 19.8 Å². The lowest BCUT2D eigenvalue weighted by atomic mass is 9.92. The Bertz CT molecular complexity index is 1240. The van der Waals surface area contributed by atoms with Gasteiger partial charge in [0.2, 0.25) is 5.95 Å². The summed E-state index contributed by atoms with van der Waals surface area (Å²) in [5, 5.41) is 6.38. The fourth-order valence-electron chi connectivity index (χ4n) is 4.26. The van der Waals surface area contributed by atoms with Crippen LogP contribution in [0.2, 0.25) is 0 Å². The van der Waals surface area contributed by atoms with Crippen LogP contribution >= 0.6 is 0 Å². The first kappa shape index (κ1) is 20.9. The number of hydrogen-bond donors (Lipinski definition) is 2. The molecule has 1 aromatic carbocycles. The fourth-order valence-corrected chi connectivity index (χ4v) is 4.26. The number of aromatic nitrogens is 5. The molecule has 2 amide bonds. The molecule has 1 aliphatic rings. The molecule has 5 rings (SSSR count). The van der Waals surface area contributed by atoms with Gasteiger partial charge in [-0.25, -0.2) is 14.8 Å². The number of para-hydroxylation sites is 2. The minimum atomic E-state index is -0.0925. The number of anilines is 2. The highest BCUT2D eigenvalue weighted by Crippen LogP contribution is 2.23. The van der Waals surface area contributed by atoms with Crippen LogP contribution in [-0.2, 0) is 0 Å². The summed E-state index contributed by atoms with van der Waals surface area (Å²) in [7, 11) is 0. The quantitative estimate of drug-likeness (QED) is 0.485. The van der Waals surface area contributed by atoms with Crippen molar-refractivity contribution in [2.24, 2.45) is 5.92 Å². The first-order chi connectivity index (χ1) is 16.2. The molecule has 0 aliphatic carbocycles. The lowest BCUT2D eigenvalue weighted by Gasteiger charge is -2.36. The van der Waals surface area contributed by atoms with Gasteiger partial charge in [0.15, 0.2) is 0 Å². The number of likely N-dealkylation sites (tertiary alicyclic amines) is 1. The summed E-state index contributed by atoms with van der Waals surface area (Å²) < 4.78 is 1.96. The van der Waals surface area contributed by atoms with Crippen LogP contribution in [0.5, 0.6) is 0 Å². The van der Waals surface area contributed by atoms with Crippen molar-refractivity contribution in [1.82, 2.24) is 29.4 Å². The third kappa shape index (κ3) is 4.62. The van der Waals surface area contributed by atoms with Crippen molar-refractivity contribution >= 4 is 28.7 Å². The summed E-state index contributed by atoms with van der Waals surface area (Å²) in [5.74, 6) is 1.61. The summed E-state index contributed by atoms with van der Waals surface area (Å²) in [6.07, 6.45) is 8.86. The zero-order valence-electron chi connectivity index (χ0n) is 18.4. The number of carbonyl (C=O) groups excluding carboxylic acids is 1. The lowest BCUT2D eigenvalue weighted by molar-refractivity contribution is 0.172.